The van der Waals surface area contributed by atoms with Crippen LogP contribution in [0.1, 0.15) is 21.9 Å². The molecule has 2 aromatic rings. The number of halogens is 1. The fourth-order valence-electron chi connectivity index (χ4n) is 2.81. The highest BCUT2D eigenvalue weighted by Crippen LogP contribution is 2.16. The Morgan fingerprint density at radius 3 is 3.09 bits per heavy atom. The zero-order chi connectivity index (χ0) is 16.2. The summed E-state index contributed by atoms with van der Waals surface area (Å²) < 4.78 is 24.0. The molecule has 3 rings (SSSR count). The predicted molar refractivity (Wildman–Crippen MR) is 81.6 cm³/mol. The van der Waals surface area contributed by atoms with Gasteiger partial charge in [0.2, 0.25) is 0 Å². The van der Waals surface area contributed by atoms with Crippen molar-refractivity contribution in [1.29, 1.82) is 0 Å². The number of ether oxygens (including phenoxy) is 1. The quantitative estimate of drug-likeness (QED) is 0.872. The third-order valence-electron chi connectivity index (χ3n) is 3.88. The number of hydrogen-bond acceptors (Lipinski definition) is 4. The maximum atomic E-state index is 13.3. The monoisotopic (exact) mass is 318 g/mol. The van der Waals surface area contributed by atoms with Crippen LogP contribution in [0.5, 0.6) is 0 Å². The van der Waals surface area contributed by atoms with Crippen LogP contribution in [0.15, 0.2) is 34.9 Å². The molecule has 6 heteroatoms. The average Bonchev–Trinajstić information content (AvgIpc) is 2.82. The normalized spacial score (nSPS) is 18.7. The molecule has 1 aromatic carbocycles. The molecule has 0 radical (unpaired) electrons. The Morgan fingerprint density at radius 2 is 2.35 bits per heavy atom. The van der Waals surface area contributed by atoms with Gasteiger partial charge in [-0.1, -0.05) is 12.1 Å². The lowest BCUT2D eigenvalue weighted by atomic mass is 9.99. The van der Waals surface area contributed by atoms with Gasteiger partial charge in [0.25, 0.3) is 5.91 Å². The van der Waals surface area contributed by atoms with Crippen molar-refractivity contribution in [2.45, 2.75) is 13.3 Å². The minimum atomic E-state index is -0.247. The van der Waals surface area contributed by atoms with Crippen LogP contribution in [0.2, 0.25) is 0 Å². The van der Waals surface area contributed by atoms with Crippen molar-refractivity contribution in [1.82, 2.24) is 9.88 Å². The summed E-state index contributed by atoms with van der Waals surface area (Å²) in [6.07, 6.45) is 2.05. The summed E-state index contributed by atoms with van der Waals surface area (Å²) in [5, 5.41) is 0. The molecule has 1 aliphatic rings. The lowest BCUT2D eigenvalue weighted by Gasteiger charge is -2.22. The lowest BCUT2D eigenvalue weighted by molar-refractivity contribution is 0.0731. The van der Waals surface area contributed by atoms with Gasteiger partial charge >= 0.3 is 0 Å². The Morgan fingerprint density at radius 1 is 1.48 bits per heavy atom. The molecule has 0 N–H and O–H groups in total. The van der Waals surface area contributed by atoms with Crippen LogP contribution in [0.4, 0.5) is 4.39 Å². The van der Waals surface area contributed by atoms with Crippen molar-refractivity contribution in [2.75, 3.05) is 26.3 Å². The van der Waals surface area contributed by atoms with Crippen LogP contribution in [-0.4, -0.2) is 42.1 Å². The Labute approximate surface area is 134 Å². The van der Waals surface area contributed by atoms with E-state index >= 15 is 0 Å². The van der Waals surface area contributed by atoms with Crippen LogP contribution in [0, 0.1) is 18.7 Å². The van der Waals surface area contributed by atoms with Crippen molar-refractivity contribution in [3.63, 3.8) is 0 Å². The zero-order valence-corrected chi connectivity index (χ0v) is 13.0. The van der Waals surface area contributed by atoms with E-state index in [1.165, 1.54) is 18.4 Å². The number of carbonyl (C=O) groups is 1. The summed E-state index contributed by atoms with van der Waals surface area (Å²) in [4.78, 5) is 18.3. The Balaban J connectivity index is 1.69. The second-order valence-electron chi connectivity index (χ2n) is 5.78. The van der Waals surface area contributed by atoms with E-state index in [1.807, 2.05) is 6.07 Å². The van der Waals surface area contributed by atoms with Gasteiger partial charge in [-0.15, -0.1) is 0 Å². The molecule has 0 bridgehead atoms. The number of aromatic nitrogens is 1. The minimum absolute atomic E-state index is 0.122. The average molecular weight is 318 g/mol. The molecule has 2 heterocycles. The van der Waals surface area contributed by atoms with Gasteiger partial charge < -0.3 is 14.1 Å². The van der Waals surface area contributed by atoms with Crippen molar-refractivity contribution in [3.8, 4) is 0 Å². The summed E-state index contributed by atoms with van der Waals surface area (Å²) in [6, 6.07) is 6.54. The highest BCUT2D eigenvalue weighted by atomic mass is 19.1. The number of rotatable bonds is 3. The van der Waals surface area contributed by atoms with Crippen LogP contribution < -0.4 is 0 Å². The van der Waals surface area contributed by atoms with E-state index in [2.05, 4.69) is 4.98 Å². The molecule has 0 saturated carbocycles. The molecule has 1 amide bonds. The summed E-state index contributed by atoms with van der Waals surface area (Å²) >= 11 is 0. The smallest absolute Gasteiger partial charge is 0.275 e. The van der Waals surface area contributed by atoms with E-state index in [0.29, 0.717) is 44.3 Å². The van der Waals surface area contributed by atoms with Gasteiger partial charge in [0.1, 0.15) is 12.1 Å². The van der Waals surface area contributed by atoms with Crippen molar-refractivity contribution in [2.24, 2.45) is 5.92 Å². The summed E-state index contributed by atoms with van der Waals surface area (Å²) in [7, 11) is 0. The van der Waals surface area contributed by atoms with Crippen LogP contribution in [0.3, 0.4) is 0 Å². The molecular formula is C17H19FN2O3. The van der Waals surface area contributed by atoms with Crippen LogP contribution in [0.25, 0.3) is 0 Å². The fraction of sp³-hybridized carbons (Fsp3) is 0.412. The Bertz CT molecular complexity index is 686. The van der Waals surface area contributed by atoms with E-state index in [4.69, 9.17) is 9.15 Å². The van der Waals surface area contributed by atoms with Crippen molar-refractivity contribution < 1.29 is 18.3 Å². The first-order chi connectivity index (χ1) is 11.1. The second kappa shape index (κ2) is 6.91. The van der Waals surface area contributed by atoms with E-state index < -0.39 is 0 Å². The first-order valence-electron chi connectivity index (χ1n) is 7.65. The van der Waals surface area contributed by atoms with Gasteiger partial charge in [0, 0.05) is 25.9 Å². The second-order valence-corrected chi connectivity index (χ2v) is 5.78. The minimum Gasteiger partial charge on any atom is -0.448 e. The number of amides is 1. The van der Waals surface area contributed by atoms with Gasteiger partial charge in [-0.2, -0.15) is 0 Å². The van der Waals surface area contributed by atoms with E-state index in [0.717, 1.165) is 5.56 Å². The first-order valence-corrected chi connectivity index (χ1v) is 7.65. The van der Waals surface area contributed by atoms with E-state index in [9.17, 15) is 9.18 Å². The van der Waals surface area contributed by atoms with Gasteiger partial charge in [0.15, 0.2) is 11.6 Å². The largest absolute Gasteiger partial charge is 0.448 e. The number of oxazole rings is 1. The predicted octanol–water partition coefficient (Wildman–Crippen LogP) is 2.45. The molecule has 0 spiro atoms. The maximum absolute atomic E-state index is 13.3. The maximum Gasteiger partial charge on any atom is 0.275 e. The zero-order valence-electron chi connectivity index (χ0n) is 13.0. The summed E-state index contributed by atoms with van der Waals surface area (Å²) in [5.41, 5.74) is 1.22. The van der Waals surface area contributed by atoms with E-state index in [1.54, 1.807) is 17.9 Å². The SMILES string of the molecule is Cc1nc(C(=O)N2CCOCC(Cc3cccc(F)c3)C2)co1. The number of aryl methyl sites for hydroxylation is 1. The number of hydrogen-bond donors (Lipinski definition) is 0. The van der Waals surface area contributed by atoms with Crippen LogP contribution >= 0.6 is 0 Å². The molecule has 23 heavy (non-hydrogen) atoms. The van der Waals surface area contributed by atoms with Gasteiger partial charge in [-0.05, 0) is 24.1 Å². The topological polar surface area (TPSA) is 55.6 Å². The molecule has 0 aliphatic carbocycles. The Hall–Kier alpha value is -2.21. The highest BCUT2D eigenvalue weighted by molar-refractivity contribution is 5.92. The van der Waals surface area contributed by atoms with Gasteiger partial charge in [0.05, 0.1) is 13.2 Å². The first kappa shape index (κ1) is 15.7. The van der Waals surface area contributed by atoms with Crippen LogP contribution in [-0.2, 0) is 11.2 Å². The van der Waals surface area contributed by atoms with Crippen molar-refractivity contribution >= 4 is 5.91 Å². The molecule has 1 atom stereocenters. The molecule has 1 fully saturated rings. The molecule has 5 nitrogen and oxygen atoms in total. The fourth-order valence-corrected chi connectivity index (χ4v) is 2.81. The standard InChI is InChI=1S/C17H19FN2O3/c1-12-19-16(11-23-12)17(21)20-5-6-22-10-14(9-20)7-13-3-2-4-15(18)8-13/h2-4,8,11,14H,5-7,9-10H2,1H3. The third kappa shape index (κ3) is 3.96. The molecule has 1 unspecified atom stereocenters. The molecule has 1 aromatic heterocycles. The Kier molecular flexibility index (Phi) is 4.71. The lowest BCUT2D eigenvalue weighted by Crippen LogP contribution is -2.36. The molecular weight excluding hydrogens is 299 g/mol. The molecule has 1 aliphatic heterocycles. The molecule has 122 valence electrons. The number of carbonyl (C=O) groups excluding carboxylic acids is 1. The third-order valence-corrected chi connectivity index (χ3v) is 3.88. The number of benzene rings is 1. The number of nitrogens with zero attached hydrogens (tertiary/aromatic N) is 2. The van der Waals surface area contributed by atoms with Crippen molar-refractivity contribution in [3.05, 3.63) is 53.5 Å². The summed E-state index contributed by atoms with van der Waals surface area (Å²) in [6.45, 7) is 3.82. The van der Waals surface area contributed by atoms with Gasteiger partial charge in [-0.25, -0.2) is 9.37 Å². The highest BCUT2D eigenvalue weighted by Gasteiger charge is 2.25. The van der Waals surface area contributed by atoms with Gasteiger partial charge in [-0.3, -0.25) is 4.79 Å². The van der Waals surface area contributed by atoms with E-state index in [-0.39, 0.29) is 17.6 Å². The molecule has 1 saturated heterocycles. The summed E-state index contributed by atoms with van der Waals surface area (Å²) in [5.74, 6) is 0.187.